The lowest BCUT2D eigenvalue weighted by atomic mass is 10.1. The SMILES string of the molecule is CC1(Nc2ccc3c(c2)OC(F)(F)O3)C=NC=C(c2cccc3nc(C4CC4)cn23)N1. The number of alkyl halides is 2. The molecule has 1 atom stereocenters. The Morgan fingerprint density at radius 2 is 2.00 bits per heavy atom. The van der Waals surface area contributed by atoms with E-state index >= 15 is 0 Å². The second kappa shape index (κ2) is 6.19. The van der Waals surface area contributed by atoms with Gasteiger partial charge in [-0.2, -0.15) is 0 Å². The van der Waals surface area contributed by atoms with Crippen molar-refractivity contribution in [1.29, 1.82) is 0 Å². The molecule has 4 heterocycles. The summed E-state index contributed by atoms with van der Waals surface area (Å²) in [5.41, 5.74) is 3.58. The maximum absolute atomic E-state index is 13.3. The van der Waals surface area contributed by atoms with Crippen molar-refractivity contribution in [2.75, 3.05) is 5.32 Å². The predicted molar refractivity (Wildman–Crippen MR) is 111 cm³/mol. The average molecular weight is 423 g/mol. The lowest BCUT2D eigenvalue weighted by Gasteiger charge is -2.33. The third kappa shape index (κ3) is 3.26. The van der Waals surface area contributed by atoms with Gasteiger partial charge in [0.1, 0.15) is 11.3 Å². The molecular formula is C22H19F2N5O2. The summed E-state index contributed by atoms with van der Waals surface area (Å²) in [4.78, 5) is 9.17. The van der Waals surface area contributed by atoms with Crippen molar-refractivity contribution in [3.05, 3.63) is 60.2 Å². The highest BCUT2D eigenvalue weighted by Crippen LogP contribution is 2.42. The van der Waals surface area contributed by atoms with E-state index < -0.39 is 12.0 Å². The Morgan fingerprint density at radius 1 is 1.16 bits per heavy atom. The van der Waals surface area contributed by atoms with Crippen LogP contribution in [0, 0.1) is 0 Å². The van der Waals surface area contributed by atoms with Crippen LogP contribution in [0.1, 0.15) is 37.1 Å². The number of hydrogen-bond donors (Lipinski definition) is 2. The molecule has 1 aliphatic carbocycles. The smallest absolute Gasteiger partial charge is 0.395 e. The van der Waals surface area contributed by atoms with E-state index in [4.69, 9.17) is 4.98 Å². The molecule has 6 rings (SSSR count). The van der Waals surface area contributed by atoms with Gasteiger partial charge in [-0.05, 0) is 44.0 Å². The maximum Gasteiger partial charge on any atom is 0.586 e. The van der Waals surface area contributed by atoms with E-state index in [0.29, 0.717) is 11.6 Å². The van der Waals surface area contributed by atoms with Gasteiger partial charge < -0.3 is 20.1 Å². The van der Waals surface area contributed by atoms with Crippen molar-refractivity contribution < 1.29 is 18.3 Å². The van der Waals surface area contributed by atoms with Crippen LogP contribution >= 0.6 is 0 Å². The minimum Gasteiger partial charge on any atom is -0.395 e. The van der Waals surface area contributed by atoms with Gasteiger partial charge in [0.15, 0.2) is 11.5 Å². The van der Waals surface area contributed by atoms with Crippen LogP contribution < -0.4 is 20.1 Å². The van der Waals surface area contributed by atoms with Gasteiger partial charge in [-0.3, -0.25) is 9.39 Å². The number of rotatable bonds is 4. The summed E-state index contributed by atoms with van der Waals surface area (Å²) in [6, 6.07) is 10.5. The molecule has 0 radical (unpaired) electrons. The van der Waals surface area contributed by atoms with E-state index in [1.54, 1.807) is 18.5 Å². The zero-order valence-electron chi connectivity index (χ0n) is 16.6. The number of pyridine rings is 1. The molecule has 0 spiro atoms. The average Bonchev–Trinajstić information content (AvgIpc) is 3.39. The molecule has 1 fully saturated rings. The molecular weight excluding hydrogens is 404 g/mol. The second-order valence-electron chi connectivity index (χ2n) is 8.18. The number of hydrogen-bond acceptors (Lipinski definition) is 6. The third-order valence-electron chi connectivity index (χ3n) is 5.52. The molecule has 1 unspecified atom stereocenters. The van der Waals surface area contributed by atoms with E-state index in [-0.39, 0.29) is 11.5 Å². The van der Waals surface area contributed by atoms with Crippen LogP contribution in [-0.2, 0) is 0 Å². The predicted octanol–water partition coefficient (Wildman–Crippen LogP) is 4.33. The molecule has 0 saturated heterocycles. The van der Waals surface area contributed by atoms with E-state index in [9.17, 15) is 8.78 Å². The maximum atomic E-state index is 13.3. The van der Waals surface area contributed by atoms with Crippen LogP contribution in [0.15, 0.2) is 53.8 Å². The number of nitrogens with one attached hydrogen (secondary N) is 2. The standard InChI is InChI=1S/C22H19F2N5O2/c1-21(27-14-7-8-18-19(9-14)31-22(23,24)30-18)12-25-10-15(28-21)17-3-2-4-20-26-16(11-29(17)20)13-5-6-13/h2-4,7-13,27-28H,5-6H2,1H3. The van der Waals surface area contributed by atoms with E-state index in [2.05, 4.69) is 35.7 Å². The van der Waals surface area contributed by atoms with Crippen molar-refractivity contribution in [3.8, 4) is 11.5 Å². The number of aromatic nitrogens is 2. The van der Waals surface area contributed by atoms with Crippen LogP contribution in [0.3, 0.4) is 0 Å². The summed E-state index contributed by atoms with van der Waals surface area (Å²) < 4.78 is 37.7. The van der Waals surface area contributed by atoms with Gasteiger partial charge in [0, 0.05) is 30.1 Å². The van der Waals surface area contributed by atoms with Gasteiger partial charge >= 0.3 is 6.29 Å². The van der Waals surface area contributed by atoms with E-state index in [1.165, 1.54) is 25.0 Å². The molecule has 158 valence electrons. The molecule has 31 heavy (non-hydrogen) atoms. The van der Waals surface area contributed by atoms with Gasteiger partial charge in [-0.25, -0.2) is 4.98 Å². The fourth-order valence-corrected chi connectivity index (χ4v) is 3.95. The largest absolute Gasteiger partial charge is 0.586 e. The Balaban J connectivity index is 1.27. The highest BCUT2D eigenvalue weighted by Gasteiger charge is 2.43. The second-order valence-corrected chi connectivity index (χ2v) is 8.18. The van der Waals surface area contributed by atoms with Gasteiger partial charge in [0.2, 0.25) is 0 Å². The fraction of sp³-hybridized carbons (Fsp3) is 0.273. The Bertz CT molecular complexity index is 1260. The van der Waals surface area contributed by atoms with Crippen LogP contribution in [-0.4, -0.2) is 27.6 Å². The molecule has 2 aromatic heterocycles. The summed E-state index contributed by atoms with van der Waals surface area (Å²) in [6.45, 7) is 1.91. The Hall–Kier alpha value is -3.62. The Morgan fingerprint density at radius 3 is 2.84 bits per heavy atom. The van der Waals surface area contributed by atoms with Crippen LogP contribution in [0.5, 0.6) is 11.5 Å². The number of nitrogens with zero attached hydrogens (tertiary/aromatic N) is 3. The summed E-state index contributed by atoms with van der Waals surface area (Å²) >= 11 is 0. The number of aliphatic imine (C=N–C) groups is 1. The number of fused-ring (bicyclic) bond motifs is 2. The van der Waals surface area contributed by atoms with E-state index in [1.807, 2.05) is 25.1 Å². The van der Waals surface area contributed by atoms with Crippen molar-refractivity contribution in [2.45, 2.75) is 37.6 Å². The highest BCUT2D eigenvalue weighted by molar-refractivity contribution is 5.82. The van der Waals surface area contributed by atoms with Gasteiger partial charge in [0.25, 0.3) is 0 Å². The molecule has 2 aliphatic heterocycles. The molecule has 1 saturated carbocycles. The van der Waals surface area contributed by atoms with Crippen molar-refractivity contribution in [1.82, 2.24) is 14.7 Å². The van der Waals surface area contributed by atoms with Gasteiger partial charge in [-0.15, -0.1) is 8.78 Å². The van der Waals surface area contributed by atoms with Crippen molar-refractivity contribution in [2.24, 2.45) is 4.99 Å². The minimum atomic E-state index is -3.64. The zero-order chi connectivity index (χ0) is 21.2. The van der Waals surface area contributed by atoms with Crippen LogP contribution in [0.4, 0.5) is 14.5 Å². The summed E-state index contributed by atoms with van der Waals surface area (Å²) in [5.74, 6) is 0.548. The summed E-state index contributed by atoms with van der Waals surface area (Å²) in [5, 5.41) is 6.75. The topological polar surface area (TPSA) is 72.2 Å². The molecule has 0 bridgehead atoms. The zero-order valence-corrected chi connectivity index (χ0v) is 16.6. The highest BCUT2D eigenvalue weighted by atomic mass is 19.3. The number of halogens is 2. The number of imidazole rings is 1. The molecule has 7 nitrogen and oxygen atoms in total. The summed E-state index contributed by atoms with van der Waals surface area (Å²) in [7, 11) is 0. The third-order valence-corrected chi connectivity index (χ3v) is 5.52. The lowest BCUT2D eigenvalue weighted by Crippen LogP contribution is -2.51. The molecule has 0 amide bonds. The number of anilines is 1. The first-order chi connectivity index (χ1) is 14.9. The van der Waals surface area contributed by atoms with Crippen molar-refractivity contribution >= 4 is 23.2 Å². The van der Waals surface area contributed by atoms with Gasteiger partial charge in [0.05, 0.1) is 23.3 Å². The molecule has 1 aromatic carbocycles. The number of ether oxygens (including phenoxy) is 2. The lowest BCUT2D eigenvalue weighted by molar-refractivity contribution is -0.286. The summed E-state index contributed by atoms with van der Waals surface area (Å²) in [6.07, 6.45) is 4.30. The van der Waals surface area contributed by atoms with E-state index in [0.717, 1.165) is 22.7 Å². The molecule has 2 N–H and O–H groups in total. The fourth-order valence-electron chi connectivity index (χ4n) is 3.95. The first-order valence-electron chi connectivity index (χ1n) is 10.1. The van der Waals surface area contributed by atoms with Crippen LogP contribution in [0.25, 0.3) is 11.3 Å². The normalized spacial score (nSPS) is 23.5. The Labute approximate surface area is 176 Å². The molecule has 3 aliphatic rings. The van der Waals surface area contributed by atoms with Crippen molar-refractivity contribution in [3.63, 3.8) is 0 Å². The monoisotopic (exact) mass is 423 g/mol. The quantitative estimate of drug-likeness (QED) is 0.654. The molecule has 3 aromatic rings. The minimum absolute atomic E-state index is 0.00445. The first-order valence-corrected chi connectivity index (χ1v) is 10.1. The van der Waals surface area contributed by atoms with Gasteiger partial charge in [-0.1, -0.05) is 6.07 Å². The number of benzene rings is 1. The van der Waals surface area contributed by atoms with Crippen LogP contribution in [0.2, 0.25) is 0 Å². The first kappa shape index (κ1) is 18.2. The molecule has 9 heteroatoms. The Kier molecular flexibility index (Phi) is 3.63.